The molecule has 4 rings (SSSR count). The molecule has 2 aromatic rings. The van der Waals surface area contributed by atoms with Crippen LogP contribution in [0.25, 0.3) is 0 Å². The Hall–Kier alpha value is -2.39. The number of hydrogen-bond donors (Lipinski definition) is 2. The zero-order valence-electron chi connectivity index (χ0n) is 15.7. The first kappa shape index (κ1) is 19.9. The summed E-state index contributed by atoms with van der Waals surface area (Å²) in [5.41, 5.74) is 2.26. The molecule has 2 N–H and O–H groups in total. The first-order valence-electron chi connectivity index (χ1n) is 9.29. The van der Waals surface area contributed by atoms with Crippen molar-refractivity contribution in [2.75, 3.05) is 21.5 Å². The Kier molecular flexibility index (Phi) is 5.12. The van der Waals surface area contributed by atoms with Gasteiger partial charge in [0.1, 0.15) is 4.90 Å². The Balaban J connectivity index is 1.66. The molecule has 1 heterocycles. The standard InChI is InChI=1S/C20H20BrN3O4S/c1-12(25)22-16-4-6-17(7-5-16)23-29(27,28)18-11-15(21)10-14-8-9-24(19(14)18)20(26)13-2-3-13/h4-7,10-11,13,23H,2-3,8-9H2,1H3,(H,22,25). The summed E-state index contributed by atoms with van der Waals surface area (Å²) >= 11 is 3.39. The summed E-state index contributed by atoms with van der Waals surface area (Å²) in [5, 5.41) is 2.64. The third-order valence-corrected chi connectivity index (χ3v) is 6.79. The number of halogens is 1. The van der Waals surface area contributed by atoms with Crippen LogP contribution in [0.2, 0.25) is 0 Å². The molecule has 0 unspecified atom stereocenters. The number of amides is 2. The summed E-state index contributed by atoms with van der Waals surface area (Å²) in [6, 6.07) is 9.80. The first-order chi connectivity index (χ1) is 13.7. The molecule has 0 aromatic heterocycles. The van der Waals surface area contributed by atoms with Gasteiger partial charge in [0.15, 0.2) is 0 Å². The Labute approximate surface area is 177 Å². The number of nitrogens with zero attached hydrogens (tertiary/aromatic N) is 1. The highest BCUT2D eigenvalue weighted by Crippen LogP contribution is 2.41. The van der Waals surface area contributed by atoms with E-state index in [4.69, 9.17) is 0 Å². The molecule has 1 fully saturated rings. The summed E-state index contributed by atoms with van der Waals surface area (Å²) in [5.74, 6) is -0.194. The number of carbonyl (C=O) groups excluding carboxylic acids is 2. The minimum atomic E-state index is -3.93. The Bertz CT molecular complexity index is 1100. The fourth-order valence-corrected chi connectivity index (χ4v) is 5.47. The second-order valence-corrected chi connectivity index (χ2v) is 9.86. The number of sulfonamides is 1. The largest absolute Gasteiger partial charge is 0.326 e. The second kappa shape index (κ2) is 7.46. The van der Waals surface area contributed by atoms with Gasteiger partial charge in [0.25, 0.3) is 10.0 Å². The number of nitrogens with one attached hydrogen (secondary N) is 2. The van der Waals surface area contributed by atoms with Crippen LogP contribution in [-0.2, 0) is 26.0 Å². The van der Waals surface area contributed by atoms with Crippen molar-refractivity contribution >= 4 is 54.8 Å². The Morgan fingerprint density at radius 3 is 2.38 bits per heavy atom. The maximum Gasteiger partial charge on any atom is 0.264 e. The molecule has 29 heavy (non-hydrogen) atoms. The van der Waals surface area contributed by atoms with Crippen LogP contribution in [0.15, 0.2) is 45.8 Å². The van der Waals surface area contributed by atoms with Crippen LogP contribution in [0.1, 0.15) is 25.3 Å². The van der Waals surface area contributed by atoms with E-state index >= 15 is 0 Å². The number of rotatable bonds is 5. The molecule has 1 aliphatic heterocycles. The quantitative estimate of drug-likeness (QED) is 0.688. The van der Waals surface area contributed by atoms with E-state index in [1.165, 1.54) is 13.0 Å². The molecule has 0 spiro atoms. The van der Waals surface area contributed by atoms with E-state index in [0.29, 0.717) is 34.5 Å². The van der Waals surface area contributed by atoms with Crippen LogP contribution in [-0.4, -0.2) is 26.8 Å². The van der Waals surface area contributed by atoms with Gasteiger partial charge in [-0.05, 0) is 61.2 Å². The lowest BCUT2D eigenvalue weighted by atomic mass is 10.2. The van der Waals surface area contributed by atoms with Crippen LogP contribution in [0, 0.1) is 5.92 Å². The summed E-state index contributed by atoms with van der Waals surface area (Å²) in [7, 11) is -3.93. The van der Waals surface area contributed by atoms with E-state index < -0.39 is 10.0 Å². The molecule has 9 heteroatoms. The Morgan fingerprint density at radius 2 is 1.76 bits per heavy atom. The molecule has 2 amide bonds. The van der Waals surface area contributed by atoms with E-state index in [1.807, 2.05) is 6.07 Å². The second-order valence-electron chi connectivity index (χ2n) is 7.29. The summed E-state index contributed by atoms with van der Waals surface area (Å²) in [6.07, 6.45) is 2.35. The van der Waals surface area contributed by atoms with Gasteiger partial charge in [-0.15, -0.1) is 0 Å². The molecule has 152 valence electrons. The number of anilines is 3. The normalized spacial score (nSPS) is 15.7. The summed E-state index contributed by atoms with van der Waals surface area (Å²) < 4.78 is 29.6. The van der Waals surface area contributed by atoms with Crippen molar-refractivity contribution in [1.29, 1.82) is 0 Å². The molecular formula is C20H20BrN3O4S. The Morgan fingerprint density at radius 1 is 1.10 bits per heavy atom. The number of fused-ring (bicyclic) bond motifs is 1. The van der Waals surface area contributed by atoms with Gasteiger partial charge >= 0.3 is 0 Å². The molecule has 0 radical (unpaired) electrons. The molecule has 0 saturated heterocycles. The van der Waals surface area contributed by atoms with Gasteiger partial charge in [-0.25, -0.2) is 8.42 Å². The molecule has 0 atom stereocenters. The van der Waals surface area contributed by atoms with Crippen molar-refractivity contribution in [2.24, 2.45) is 5.92 Å². The zero-order valence-corrected chi connectivity index (χ0v) is 18.1. The van der Waals surface area contributed by atoms with Crippen molar-refractivity contribution in [1.82, 2.24) is 0 Å². The maximum absolute atomic E-state index is 13.2. The van der Waals surface area contributed by atoms with Gasteiger partial charge < -0.3 is 10.2 Å². The fourth-order valence-electron chi connectivity index (χ4n) is 3.48. The highest BCUT2D eigenvalue weighted by molar-refractivity contribution is 9.10. The van der Waals surface area contributed by atoms with E-state index in [0.717, 1.165) is 18.4 Å². The van der Waals surface area contributed by atoms with Gasteiger partial charge in [0.05, 0.1) is 5.69 Å². The minimum absolute atomic E-state index is 0.00202. The van der Waals surface area contributed by atoms with Gasteiger partial charge in [0, 0.05) is 35.2 Å². The predicted octanol–water partition coefficient (Wildman–Crippen LogP) is 3.51. The van der Waals surface area contributed by atoms with E-state index in [-0.39, 0.29) is 22.6 Å². The fraction of sp³-hybridized carbons (Fsp3) is 0.300. The molecule has 1 saturated carbocycles. The van der Waals surface area contributed by atoms with Crippen molar-refractivity contribution in [3.63, 3.8) is 0 Å². The zero-order chi connectivity index (χ0) is 20.8. The number of benzene rings is 2. The van der Waals surface area contributed by atoms with Crippen LogP contribution >= 0.6 is 15.9 Å². The highest BCUT2D eigenvalue weighted by Gasteiger charge is 2.39. The molecule has 2 aromatic carbocycles. The van der Waals surface area contributed by atoms with E-state index in [1.54, 1.807) is 29.2 Å². The smallest absolute Gasteiger partial charge is 0.264 e. The van der Waals surface area contributed by atoms with Crippen molar-refractivity contribution in [3.05, 3.63) is 46.4 Å². The molecule has 2 aliphatic rings. The monoisotopic (exact) mass is 477 g/mol. The SMILES string of the molecule is CC(=O)Nc1ccc(NS(=O)(=O)c2cc(Br)cc3c2N(C(=O)C2CC2)CC3)cc1. The topological polar surface area (TPSA) is 95.6 Å². The van der Waals surface area contributed by atoms with E-state index in [9.17, 15) is 18.0 Å². The predicted molar refractivity (Wildman–Crippen MR) is 114 cm³/mol. The van der Waals surface area contributed by atoms with Gasteiger partial charge in [0.2, 0.25) is 11.8 Å². The number of carbonyl (C=O) groups is 2. The molecular weight excluding hydrogens is 458 g/mol. The van der Waals surface area contributed by atoms with Crippen molar-refractivity contribution < 1.29 is 18.0 Å². The van der Waals surface area contributed by atoms with Gasteiger partial charge in [-0.1, -0.05) is 15.9 Å². The van der Waals surface area contributed by atoms with Gasteiger partial charge in [-0.3, -0.25) is 14.3 Å². The first-order valence-corrected chi connectivity index (χ1v) is 11.6. The molecule has 1 aliphatic carbocycles. The summed E-state index contributed by atoms with van der Waals surface area (Å²) in [4.78, 5) is 25.5. The minimum Gasteiger partial charge on any atom is -0.326 e. The third kappa shape index (κ3) is 4.16. The van der Waals surface area contributed by atoms with Gasteiger partial charge in [-0.2, -0.15) is 0 Å². The average molecular weight is 478 g/mol. The van der Waals surface area contributed by atoms with Crippen LogP contribution in [0.5, 0.6) is 0 Å². The lowest BCUT2D eigenvalue weighted by Gasteiger charge is -2.21. The number of hydrogen-bond acceptors (Lipinski definition) is 4. The lowest BCUT2D eigenvalue weighted by Crippen LogP contribution is -2.31. The van der Waals surface area contributed by atoms with Crippen LogP contribution in [0.3, 0.4) is 0 Å². The molecule has 0 bridgehead atoms. The van der Waals surface area contributed by atoms with Crippen LogP contribution in [0.4, 0.5) is 17.1 Å². The summed E-state index contributed by atoms with van der Waals surface area (Å²) in [6.45, 7) is 1.90. The molecule has 7 nitrogen and oxygen atoms in total. The lowest BCUT2D eigenvalue weighted by molar-refractivity contribution is -0.119. The van der Waals surface area contributed by atoms with Crippen LogP contribution < -0.4 is 14.9 Å². The van der Waals surface area contributed by atoms with Crippen molar-refractivity contribution in [2.45, 2.75) is 31.1 Å². The van der Waals surface area contributed by atoms with E-state index in [2.05, 4.69) is 26.0 Å². The maximum atomic E-state index is 13.2. The average Bonchev–Trinajstić information content (AvgIpc) is 3.41. The van der Waals surface area contributed by atoms with Crippen molar-refractivity contribution in [3.8, 4) is 0 Å². The highest BCUT2D eigenvalue weighted by atomic mass is 79.9. The third-order valence-electron chi connectivity index (χ3n) is 4.93.